The van der Waals surface area contributed by atoms with Crippen molar-refractivity contribution < 1.29 is 9.59 Å². The summed E-state index contributed by atoms with van der Waals surface area (Å²) in [6, 6.07) is 9.21. The fourth-order valence-electron chi connectivity index (χ4n) is 2.13. The van der Waals surface area contributed by atoms with E-state index in [1.165, 1.54) is 18.0 Å². The number of aromatic nitrogens is 1. The fraction of sp³-hybridized carbons (Fsp3) is 0.316. The Labute approximate surface area is 142 Å². The Balaban J connectivity index is 2.12. The lowest BCUT2D eigenvalue weighted by Gasteiger charge is -2.20. The van der Waals surface area contributed by atoms with E-state index in [-0.39, 0.29) is 17.4 Å². The Morgan fingerprint density at radius 3 is 2.12 bits per heavy atom. The molecule has 1 aromatic carbocycles. The summed E-state index contributed by atoms with van der Waals surface area (Å²) in [4.78, 5) is 28.5. The Kier molecular flexibility index (Phi) is 5.34. The van der Waals surface area contributed by atoms with E-state index in [0.717, 1.165) is 6.42 Å². The maximum absolute atomic E-state index is 12.3. The number of benzene rings is 1. The van der Waals surface area contributed by atoms with E-state index in [4.69, 9.17) is 0 Å². The van der Waals surface area contributed by atoms with E-state index >= 15 is 0 Å². The number of amides is 2. The van der Waals surface area contributed by atoms with Crippen LogP contribution in [0.3, 0.4) is 0 Å². The second-order valence-electron chi connectivity index (χ2n) is 6.67. The summed E-state index contributed by atoms with van der Waals surface area (Å²) < 4.78 is 0. The van der Waals surface area contributed by atoms with Crippen molar-refractivity contribution in [1.29, 1.82) is 0 Å². The van der Waals surface area contributed by atoms with Crippen LogP contribution in [0.25, 0.3) is 0 Å². The first-order valence-electron chi connectivity index (χ1n) is 7.96. The molecular formula is C19H23N3O2. The van der Waals surface area contributed by atoms with Crippen molar-refractivity contribution in [3.63, 3.8) is 0 Å². The van der Waals surface area contributed by atoms with Gasteiger partial charge in [-0.3, -0.25) is 14.6 Å². The largest absolute Gasteiger partial charge is 0.347 e. The molecule has 5 heteroatoms. The van der Waals surface area contributed by atoms with Crippen LogP contribution in [0.5, 0.6) is 0 Å². The molecule has 2 aromatic rings. The summed E-state index contributed by atoms with van der Waals surface area (Å²) in [6.07, 6.45) is 3.85. The van der Waals surface area contributed by atoms with Gasteiger partial charge < -0.3 is 10.6 Å². The zero-order chi connectivity index (χ0) is 17.7. The van der Waals surface area contributed by atoms with Gasteiger partial charge in [0.1, 0.15) is 0 Å². The molecule has 0 unspecified atom stereocenters. The van der Waals surface area contributed by atoms with Crippen LogP contribution in [0.2, 0.25) is 0 Å². The number of nitrogens with one attached hydrogen (secondary N) is 2. The maximum Gasteiger partial charge on any atom is 0.257 e. The quantitative estimate of drug-likeness (QED) is 0.905. The number of rotatable bonds is 4. The van der Waals surface area contributed by atoms with Crippen molar-refractivity contribution in [1.82, 2.24) is 10.3 Å². The summed E-state index contributed by atoms with van der Waals surface area (Å²) in [5, 5.41) is 5.67. The maximum atomic E-state index is 12.3. The topological polar surface area (TPSA) is 71.1 Å². The van der Waals surface area contributed by atoms with Crippen LogP contribution in [0, 0.1) is 0 Å². The molecule has 1 heterocycles. The van der Waals surface area contributed by atoms with E-state index in [9.17, 15) is 9.59 Å². The highest BCUT2D eigenvalue weighted by atomic mass is 16.2. The van der Waals surface area contributed by atoms with Gasteiger partial charge in [0, 0.05) is 23.6 Å². The SMILES string of the molecule is CCc1ccc(NC(=O)c2cncc(C(=O)NC(C)(C)C)c2)cc1. The molecular weight excluding hydrogens is 302 g/mol. The molecule has 1 aromatic heterocycles. The van der Waals surface area contributed by atoms with Crippen molar-refractivity contribution >= 4 is 17.5 Å². The molecule has 0 spiro atoms. The Hall–Kier alpha value is -2.69. The number of aryl methyl sites for hydroxylation is 1. The lowest BCUT2D eigenvalue weighted by Crippen LogP contribution is -2.40. The highest BCUT2D eigenvalue weighted by molar-refractivity contribution is 6.05. The van der Waals surface area contributed by atoms with Crippen molar-refractivity contribution in [2.24, 2.45) is 0 Å². The molecule has 0 fully saturated rings. The lowest BCUT2D eigenvalue weighted by atomic mass is 10.1. The molecule has 24 heavy (non-hydrogen) atoms. The fourth-order valence-corrected chi connectivity index (χ4v) is 2.13. The Morgan fingerprint density at radius 2 is 1.58 bits per heavy atom. The van der Waals surface area contributed by atoms with Gasteiger partial charge in [-0.2, -0.15) is 0 Å². The lowest BCUT2D eigenvalue weighted by molar-refractivity contribution is 0.0919. The van der Waals surface area contributed by atoms with Crippen LogP contribution >= 0.6 is 0 Å². The summed E-state index contributed by atoms with van der Waals surface area (Å²) >= 11 is 0. The van der Waals surface area contributed by atoms with Gasteiger partial charge in [0.05, 0.1) is 11.1 Å². The van der Waals surface area contributed by atoms with E-state index in [2.05, 4.69) is 22.5 Å². The van der Waals surface area contributed by atoms with E-state index in [0.29, 0.717) is 16.8 Å². The van der Waals surface area contributed by atoms with Crippen LogP contribution in [0.15, 0.2) is 42.7 Å². The van der Waals surface area contributed by atoms with Crippen LogP contribution in [0.1, 0.15) is 54.0 Å². The van der Waals surface area contributed by atoms with Crippen molar-refractivity contribution in [3.05, 3.63) is 59.4 Å². The van der Waals surface area contributed by atoms with E-state index < -0.39 is 0 Å². The van der Waals surface area contributed by atoms with Gasteiger partial charge in [0.2, 0.25) is 0 Å². The molecule has 0 radical (unpaired) electrons. The first-order valence-corrected chi connectivity index (χ1v) is 7.96. The molecule has 126 valence electrons. The van der Waals surface area contributed by atoms with Crippen LogP contribution in [0.4, 0.5) is 5.69 Å². The average Bonchev–Trinajstić information content (AvgIpc) is 2.54. The number of anilines is 1. The monoisotopic (exact) mass is 325 g/mol. The number of hydrogen-bond acceptors (Lipinski definition) is 3. The predicted octanol–water partition coefficient (Wildman–Crippen LogP) is 3.42. The minimum atomic E-state index is -0.351. The zero-order valence-electron chi connectivity index (χ0n) is 14.5. The Bertz CT molecular complexity index is 731. The summed E-state index contributed by atoms with van der Waals surface area (Å²) in [5.41, 5.74) is 2.27. The molecule has 2 N–H and O–H groups in total. The van der Waals surface area contributed by atoms with Crippen molar-refractivity contribution in [2.75, 3.05) is 5.32 Å². The first kappa shape index (κ1) is 17.7. The molecule has 0 aliphatic heterocycles. The third kappa shape index (κ3) is 4.91. The number of carbonyl (C=O) groups excluding carboxylic acids is 2. The van der Waals surface area contributed by atoms with Gasteiger partial charge in [-0.25, -0.2) is 0 Å². The molecule has 5 nitrogen and oxygen atoms in total. The third-order valence-electron chi connectivity index (χ3n) is 3.37. The summed E-state index contributed by atoms with van der Waals surface area (Å²) in [6.45, 7) is 7.77. The van der Waals surface area contributed by atoms with Crippen molar-refractivity contribution in [3.8, 4) is 0 Å². The molecule has 2 amide bonds. The van der Waals surface area contributed by atoms with E-state index in [1.807, 2.05) is 45.0 Å². The van der Waals surface area contributed by atoms with Gasteiger partial charge >= 0.3 is 0 Å². The smallest absolute Gasteiger partial charge is 0.257 e. The summed E-state index contributed by atoms with van der Waals surface area (Å²) in [7, 11) is 0. The molecule has 0 bridgehead atoms. The minimum Gasteiger partial charge on any atom is -0.347 e. The van der Waals surface area contributed by atoms with Gasteiger partial charge in [-0.05, 0) is 51.0 Å². The number of nitrogens with zero attached hydrogens (tertiary/aromatic N) is 1. The molecule has 0 saturated carbocycles. The predicted molar refractivity (Wildman–Crippen MR) is 95.2 cm³/mol. The van der Waals surface area contributed by atoms with Crippen LogP contribution < -0.4 is 10.6 Å². The molecule has 0 atom stereocenters. The normalized spacial score (nSPS) is 11.0. The van der Waals surface area contributed by atoms with Gasteiger partial charge in [0.15, 0.2) is 0 Å². The van der Waals surface area contributed by atoms with Crippen molar-refractivity contribution in [2.45, 2.75) is 39.7 Å². The standard InChI is InChI=1S/C19H23N3O2/c1-5-13-6-8-16(9-7-13)21-17(23)14-10-15(12-20-11-14)18(24)22-19(2,3)4/h6-12H,5H2,1-4H3,(H,21,23)(H,22,24). The molecule has 0 aliphatic carbocycles. The van der Waals surface area contributed by atoms with Crippen LogP contribution in [-0.4, -0.2) is 22.3 Å². The third-order valence-corrected chi connectivity index (χ3v) is 3.37. The highest BCUT2D eigenvalue weighted by Gasteiger charge is 2.17. The second-order valence-corrected chi connectivity index (χ2v) is 6.67. The van der Waals surface area contributed by atoms with Gasteiger partial charge in [0.25, 0.3) is 11.8 Å². The van der Waals surface area contributed by atoms with E-state index in [1.54, 1.807) is 6.07 Å². The Morgan fingerprint density at radius 1 is 1.00 bits per heavy atom. The number of hydrogen-bond donors (Lipinski definition) is 2. The second kappa shape index (κ2) is 7.25. The zero-order valence-corrected chi connectivity index (χ0v) is 14.5. The molecule has 0 aliphatic rings. The molecule has 2 rings (SSSR count). The molecule has 0 saturated heterocycles. The number of pyridine rings is 1. The summed E-state index contributed by atoms with van der Waals surface area (Å²) in [5.74, 6) is -0.547. The number of carbonyl (C=O) groups is 2. The van der Waals surface area contributed by atoms with Gasteiger partial charge in [-0.15, -0.1) is 0 Å². The average molecular weight is 325 g/mol. The highest BCUT2D eigenvalue weighted by Crippen LogP contribution is 2.12. The first-order chi connectivity index (χ1) is 11.3. The van der Waals surface area contributed by atoms with Gasteiger partial charge in [-0.1, -0.05) is 19.1 Å². The van der Waals surface area contributed by atoms with Crippen LogP contribution in [-0.2, 0) is 6.42 Å². The minimum absolute atomic E-state index is 0.253.